The lowest BCUT2D eigenvalue weighted by atomic mass is 10.2. The first-order valence-corrected chi connectivity index (χ1v) is 5.82. The summed E-state index contributed by atoms with van der Waals surface area (Å²) in [7, 11) is 0. The highest BCUT2D eigenvalue weighted by Gasteiger charge is 1.93. The van der Waals surface area contributed by atoms with Gasteiger partial charge in [0, 0.05) is 11.2 Å². The van der Waals surface area contributed by atoms with Gasteiger partial charge in [-0.1, -0.05) is 35.9 Å². The van der Waals surface area contributed by atoms with Gasteiger partial charge in [-0.25, -0.2) is 4.98 Å². The van der Waals surface area contributed by atoms with Crippen LogP contribution in [0.2, 0.25) is 5.02 Å². The van der Waals surface area contributed by atoms with Crippen molar-refractivity contribution in [3.63, 3.8) is 0 Å². The van der Waals surface area contributed by atoms with Crippen LogP contribution in [0.5, 0.6) is 0 Å². The number of aromatic nitrogens is 1. The van der Waals surface area contributed by atoms with E-state index in [4.69, 9.17) is 16.7 Å². The second kappa shape index (κ2) is 7.39. The minimum absolute atomic E-state index is 0.0136. The van der Waals surface area contributed by atoms with Gasteiger partial charge in [-0.3, -0.25) is 0 Å². The monoisotopic (exact) mass is 299 g/mol. The van der Waals surface area contributed by atoms with Gasteiger partial charge in [0.25, 0.3) is 0 Å². The van der Waals surface area contributed by atoms with Crippen LogP contribution in [0.15, 0.2) is 53.3 Å². The Kier molecular flexibility index (Phi) is 6.08. The minimum atomic E-state index is 0.0136. The first kappa shape index (κ1) is 13.2. The van der Waals surface area contributed by atoms with Crippen LogP contribution < -0.4 is 0 Å². The molecule has 0 saturated carbocycles. The molecule has 0 bridgehead atoms. The minimum Gasteiger partial charge on any atom is -0.392 e. The Hall–Kier alpha value is -0.900. The molecule has 0 atom stereocenters. The van der Waals surface area contributed by atoms with Crippen molar-refractivity contribution in [1.82, 2.24) is 4.98 Å². The van der Waals surface area contributed by atoms with Crippen molar-refractivity contribution in [3.05, 3.63) is 63.9 Å². The molecule has 0 spiro atoms. The predicted molar refractivity (Wildman–Crippen MR) is 69.3 cm³/mol. The van der Waals surface area contributed by atoms with Crippen molar-refractivity contribution >= 4 is 27.5 Å². The Labute approximate surface area is 108 Å². The Bertz CT molecular complexity index is 422. The maximum atomic E-state index is 8.63. The smallest absolute Gasteiger partial charge is 0.106 e. The van der Waals surface area contributed by atoms with Gasteiger partial charge in [0.05, 0.1) is 6.61 Å². The Morgan fingerprint density at radius 3 is 2.19 bits per heavy atom. The van der Waals surface area contributed by atoms with E-state index in [1.807, 2.05) is 30.3 Å². The Morgan fingerprint density at radius 2 is 1.81 bits per heavy atom. The molecule has 1 N–H and O–H groups in total. The molecule has 0 saturated heterocycles. The van der Waals surface area contributed by atoms with Crippen LogP contribution in [0, 0.1) is 0 Å². The van der Waals surface area contributed by atoms with Crippen molar-refractivity contribution in [2.45, 2.75) is 6.61 Å². The molecule has 0 aliphatic rings. The van der Waals surface area contributed by atoms with Gasteiger partial charge in [-0.15, -0.1) is 0 Å². The van der Waals surface area contributed by atoms with E-state index >= 15 is 0 Å². The highest BCUT2D eigenvalue weighted by atomic mass is 79.9. The fourth-order valence-corrected chi connectivity index (χ4v) is 1.43. The van der Waals surface area contributed by atoms with Crippen molar-refractivity contribution in [1.29, 1.82) is 0 Å². The molecule has 0 radical (unpaired) electrons. The topological polar surface area (TPSA) is 33.1 Å². The van der Waals surface area contributed by atoms with Crippen LogP contribution in [0.25, 0.3) is 0 Å². The van der Waals surface area contributed by atoms with Crippen LogP contribution in [-0.2, 0) is 6.61 Å². The fourth-order valence-electron chi connectivity index (χ4n) is 0.969. The summed E-state index contributed by atoms with van der Waals surface area (Å²) in [5, 5.41) is 9.26. The number of benzene rings is 1. The molecular weight excluding hydrogens is 289 g/mol. The van der Waals surface area contributed by atoms with Crippen LogP contribution in [0.3, 0.4) is 0 Å². The van der Waals surface area contributed by atoms with Crippen LogP contribution in [-0.4, -0.2) is 10.1 Å². The van der Waals surface area contributed by atoms with E-state index in [1.165, 1.54) is 0 Å². The van der Waals surface area contributed by atoms with E-state index in [-0.39, 0.29) is 6.61 Å². The summed E-state index contributed by atoms with van der Waals surface area (Å²) in [5.41, 5.74) is 0.777. The largest absolute Gasteiger partial charge is 0.392 e. The van der Waals surface area contributed by atoms with Gasteiger partial charge in [-0.2, -0.15) is 0 Å². The van der Waals surface area contributed by atoms with Crippen molar-refractivity contribution < 1.29 is 5.11 Å². The molecule has 0 aliphatic carbocycles. The second-order valence-electron chi connectivity index (χ2n) is 2.90. The zero-order valence-electron chi connectivity index (χ0n) is 8.48. The highest BCUT2D eigenvalue weighted by molar-refractivity contribution is 9.10. The van der Waals surface area contributed by atoms with E-state index < -0.39 is 0 Å². The third-order valence-corrected chi connectivity index (χ3v) is 2.59. The number of aliphatic hydroxyl groups is 1. The summed E-state index contributed by atoms with van der Waals surface area (Å²) >= 11 is 8.86. The van der Waals surface area contributed by atoms with E-state index in [0.717, 1.165) is 10.2 Å². The lowest BCUT2D eigenvalue weighted by Gasteiger charge is -1.95. The lowest BCUT2D eigenvalue weighted by molar-refractivity contribution is 0.282. The van der Waals surface area contributed by atoms with Gasteiger partial charge < -0.3 is 5.11 Å². The number of aliphatic hydroxyl groups excluding tert-OH is 1. The third-order valence-electron chi connectivity index (χ3n) is 1.76. The quantitative estimate of drug-likeness (QED) is 0.815. The number of hydrogen-bond donors (Lipinski definition) is 1. The van der Waals surface area contributed by atoms with E-state index in [1.54, 1.807) is 18.3 Å². The van der Waals surface area contributed by atoms with Gasteiger partial charge in [0.1, 0.15) is 4.60 Å². The van der Waals surface area contributed by atoms with Crippen LogP contribution in [0.1, 0.15) is 5.56 Å². The normalized spacial score (nSPS) is 9.19. The van der Waals surface area contributed by atoms with Gasteiger partial charge >= 0.3 is 0 Å². The first-order valence-electron chi connectivity index (χ1n) is 4.65. The zero-order valence-corrected chi connectivity index (χ0v) is 10.8. The summed E-state index contributed by atoms with van der Waals surface area (Å²) in [4.78, 5) is 3.90. The third kappa shape index (κ3) is 4.75. The molecule has 0 unspecified atom stereocenters. The zero-order chi connectivity index (χ0) is 11.8. The average Bonchev–Trinajstić information content (AvgIpc) is 2.31. The number of rotatable bonds is 1. The molecule has 16 heavy (non-hydrogen) atoms. The molecule has 0 aliphatic heterocycles. The molecule has 2 aromatic rings. The molecule has 0 fully saturated rings. The Balaban J connectivity index is 0.000000165. The van der Waals surface area contributed by atoms with E-state index in [0.29, 0.717) is 5.02 Å². The first-order chi connectivity index (χ1) is 7.74. The molecule has 4 heteroatoms. The lowest BCUT2D eigenvalue weighted by Crippen LogP contribution is -1.81. The van der Waals surface area contributed by atoms with Crippen molar-refractivity contribution in [3.8, 4) is 0 Å². The predicted octanol–water partition coefficient (Wildman–Crippen LogP) is 3.68. The standard InChI is InChI=1S/C7H7ClO.C5H4BrN/c8-7-4-2-1-3-6(7)5-9;6-5-3-1-2-4-7-5/h1-4,9H,5H2;1-4H. The molecule has 2 rings (SSSR count). The number of pyridine rings is 1. The van der Waals surface area contributed by atoms with Crippen molar-refractivity contribution in [2.24, 2.45) is 0 Å². The molecular formula is C12H11BrClNO. The molecule has 0 amide bonds. The number of halogens is 2. The summed E-state index contributed by atoms with van der Waals surface area (Å²) in [6.07, 6.45) is 1.74. The maximum absolute atomic E-state index is 8.63. The fraction of sp³-hybridized carbons (Fsp3) is 0.0833. The molecule has 1 aromatic carbocycles. The Morgan fingerprint density at radius 1 is 1.12 bits per heavy atom. The van der Waals surface area contributed by atoms with Crippen LogP contribution >= 0.6 is 27.5 Å². The molecule has 2 nitrogen and oxygen atoms in total. The summed E-state index contributed by atoms with van der Waals surface area (Å²) in [6, 6.07) is 12.9. The molecule has 1 heterocycles. The summed E-state index contributed by atoms with van der Waals surface area (Å²) < 4.78 is 0.884. The van der Waals surface area contributed by atoms with Gasteiger partial charge in [0.2, 0.25) is 0 Å². The van der Waals surface area contributed by atoms with Crippen LogP contribution in [0.4, 0.5) is 0 Å². The van der Waals surface area contributed by atoms with E-state index in [2.05, 4.69) is 20.9 Å². The maximum Gasteiger partial charge on any atom is 0.106 e. The summed E-state index contributed by atoms with van der Waals surface area (Å²) in [6.45, 7) is 0.0136. The number of hydrogen-bond acceptors (Lipinski definition) is 2. The molecule has 1 aromatic heterocycles. The number of nitrogens with zero attached hydrogens (tertiary/aromatic N) is 1. The highest BCUT2D eigenvalue weighted by Crippen LogP contribution is 2.13. The van der Waals surface area contributed by atoms with Gasteiger partial charge in [-0.05, 0) is 39.7 Å². The van der Waals surface area contributed by atoms with Crippen molar-refractivity contribution in [2.75, 3.05) is 0 Å². The summed E-state index contributed by atoms with van der Waals surface area (Å²) in [5.74, 6) is 0. The second-order valence-corrected chi connectivity index (χ2v) is 4.12. The SMILES string of the molecule is Brc1ccccn1.OCc1ccccc1Cl. The average molecular weight is 301 g/mol. The van der Waals surface area contributed by atoms with E-state index in [9.17, 15) is 0 Å². The van der Waals surface area contributed by atoms with Gasteiger partial charge in [0.15, 0.2) is 0 Å². The molecule has 84 valence electrons.